The van der Waals surface area contributed by atoms with Gasteiger partial charge in [-0.05, 0) is 35.4 Å². The molecular weight excluding hydrogens is 209 g/mol. The van der Waals surface area contributed by atoms with Crippen molar-refractivity contribution in [3.8, 4) is 5.75 Å². The molecule has 2 aromatic carbocycles. The molecule has 86 valence electrons. The van der Waals surface area contributed by atoms with Crippen LogP contribution in [0.1, 0.15) is 11.1 Å². The Morgan fingerprint density at radius 2 is 1.29 bits per heavy atom. The van der Waals surface area contributed by atoms with Crippen LogP contribution in [0.25, 0.3) is 12.2 Å². The highest BCUT2D eigenvalue weighted by atomic mass is 16.3. The SMILES string of the molecule is [11CH3]Nc1ccc(/C=C/c2ccc(O)cc2)cc1. The van der Waals surface area contributed by atoms with Gasteiger partial charge in [0.05, 0.1) is 0 Å². The molecule has 0 aliphatic rings. The minimum absolute atomic E-state index is 0.292. The first-order chi connectivity index (χ1) is 8.28. The van der Waals surface area contributed by atoms with Crippen LogP contribution in [0.2, 0.25) is 0 Å². The van der Waals surface area contributed by atoms with Gasteiger partial charge in [0.15, 0.2) is 0 Å². The summed E-state index contributed by atoms with van der Waals surface area (Å²) in [5, 5.41) is 12.3. The van der Waals surface area contributed by atoms with E-state index in [1.54, 1.807) is 12.1 Å². The Bertz CT molecular complexity index is 497. The maximum atomic E-state index is 9.17. The number of hydrogen-bond donors (Lipinski definition) is 2. The predicted molar refractivity (Wildman–Crippen MR) is 73.0 cm³/mol. The zero-order valence-corrected chi connectivity index (χ0v) is 9.72. The van der Waals surface area contributed by atoms with Crippen molar-refractivity contribution in [3.05, 3.63) is 59.7 Å². The molecule has 2 aromatic rings. The van der Waals surface area contributed by atoms with E-state index in [0.29, 0.717) is 5.75 Å². The minimum Gasteiger partial charge on any atom is -0.508 e. The summed E-state index contributed by atoms with van der Waals surface area (Å²) in [4.78, 5) is 0. The normalized spacial score (nSPS) is 10.6. The molecule has 0 aliphatic carbocycles. The van der Waals surface area contributed by atoms with Crippen molar-refractivity contribution in [2.45, 2.75) is 0 Å². The summed E-state index contributed by atoms with van der Waals surface area (Å²) < 4.78 is 0. The smallest absolute Gasteiger partial charge is 0.115 e. The monoisotopic (exact) mass is 224 g/mol. The third-order valence-electron chi connectivity index (χ3n) is 2.56. The van der Waals surface area contributed by atoms with Crippen molar-refractivity contribution in [1.29, 1.82) is 0 Å². The van der Waals surface area contributed by atoms with Crippen molar-refractivity contribution in [3.63, 3.8) is 0 Å². The van der Waals surface area contributed by atoms with E-state index in [1.807, 2.05) is 43.5 Å². The highest BCUT2D eigenvalue weighted by molar-refractivity contribution is 5.70. The summed E-state index contributed by atoms with van der Waals surface area (Å²) in [5.74, 6) is 0.292. The Morgan fingerprint density at radius 3 is 1.76 bits per heavy atom. The molecule has 0 radical (unpaired) electrons. The van der Waals surface area contributed by atoms with Crippen molar-refractivity contribution < 1.29 is 5.11 Å². The Morgan fingerprint density at radius 1 is 0.824 bits per heavy atom. The summed E-state index contributed by atoms with van der Waals surface area (Å²) >= 11 is 0. The number of phenolic OH excluding ortho intramolecular Hbond substituents is 1. The summed E-state index contributed by atoms with van der Waals surface area (Å²) in [7, 11) is 1.90. The second-order valence-corrected chi connectivity index (χ2v) is 3.80. The van der Waals surface area contributed by atoms with Crippen molar-refractivity contribution in [1.82, 2.24) is 0 Å². The van der Waals surface area contributed by atoms with Crippen LogP contribution in [0.15, 0.2) is 48.5 Å². The van der Waals surface area contributed by atoms with Crippen LogP contribution in [0.3, 0.4) is 0 Å². The number of phenols is 1. The zero-order valence-electron chi connectivity index (χ0n) is 9.72. The maximum absolute atomic E-state index is 9.17. The second-order valence-electron chi connectivity index (χ2n) is 3.80. The van der Waals surface area contributed by atoms with Gasteiger partial charge >= 0.3 is 0 Å². The largest absolute Gasteiger partial charge is 0.508 e. The lowest BCUT2D eigenvalue weighted by Crippen LogP contribution is -1.86. The molecule has 0 heterocycles. The number of rotatable bonds is 3. The van der Waals surface area contributed by atoms with Crippen molar-refractivity contribution >= 4 is 17.8 Å². The number of benzene rings is 2. The molecule has 0 saturated carbocycles. The Hall–Kier alpha value is -2.22. The summed E-state index contributed by atoms with van der Waals surface area (Å²) in [6.45, 7) is 0. The number of aromatic hydroxyl groups is 1. The molecule has 17 heavy (non-hydrogen) atoms. The average Bonchev–Trinajstić information content (AvgIpc) is 2.39. The highest BCUT2D eigenvalue weighted by Crippen LogP contribution is 2.14. The zero-order chi connectivity index (χ0) is 12.1. The van der Waals surface area contributed by atoms with Gasteiger partial charge in [0, 0.05) is 12.7 Å². The van der Waals surface area contributed by atoms with E-state index in [-0.39, 0.29) is 0 Å². The molecule has 0 unspecified atom stereocenters. The molecule has 2 N–H and O–H groups in total. The molecule has 0 bridgehead atoms. The Labute approximate surface area is 101 Å². The van der Waals surface area contributed by atoms with Gasteiger partial charge < -0.3 is 10.4 Å². The van der Waals surface area contributed by atoms with E-state index in [4.69, 9.17) is 5.11 Å². The lowest BCUT2D eigenvalue weighted by molar-refractivity contribution is 0.475. The van der Waals surface area contributed by atoms with Gasteiger partial charge in [0.25, 0.3) is 0 Å². The molecule has 0 aromatic heterocycles. The third kappa shape index (κ3) is 3.11. The van der Waals surface area contributed by atoms with Crippen molar-refractivity contribution in [2.75, 3.05) is 12.4 Å². The van der Waals surface area contributed by atoms with Gasteiger partial charge in [-0.1, -0.05) is 36.4 Å². The number of hydrogen-bond acceptors (Lipinski definition) is 2. The molecule has 0 amide bonds. The van der Waals surface area contributed by atoms with E-state index >= 15 is 0 Å². The highest BCUT2D eigenvalue weighted by Gasteiger charge is 1.90. The quantitative estimate of drug-likeness (QED) is 0.781. The fourth-order valence-corrected chi connectivity index (χ4v) is 1.54. The maximum Gasteiger partial charge on any atom is 0.115 e. The number of anilines is 1. The lowest BCUT2D eigenvalue weighted by atomic mass is 10.1. The van der Waals surface area contributed by atoms with Gasteiger partial charge in [0.1, 0.15) is 5.75 Å². The molecule has 2 heteroatoms. The van der Waals surface area contributed by atoms with Gasteiger partial charge in [-0.25, -0.2) is 0 Å². The Balaban J connectivity index is 2.11. The van der Waals surface area contributed by atoms with Gasteiger partial charge in [-0.2, -0.15) is 0 Å². The van der Waals surface area contributed by atoms with E-state index in [1.165, 1.54) is 0 Å². The van der Waals surface area contributed by atoms with Gasteiger partial charge in [-0.15, -0.1) is 0 Å². The molecule has 0 aliphatic heterocycles. The van der Waals surface area contributed by atoms with Gasteiger partial charge in [0.2, 0.25) is 0 Å². The fourth-order valence-electron chi connectivity index (χ4n) is 1.54. The molecule has 0 saturated heterocycles. The molecule has 2 nitrogen and oxygen atoms in total. The first-order valence-corrected chi connectivity index (χ1v) is 5.53. The van der Waals surface area contributed by atoms with Crippen LogP contribution in [0, 0.1) is 0 Å². The van der Waals surface area contributed by atoms with Crippen LogP contribution in [0.4, 0.5) is 5.69 Å². The fraction of sp³-hybridized carbons (Fsp3) is 0.0667. The standard InChI is InChI=1S/C15H15NO/c1-16-14-8-4-12(5-9-14)2-3-13-6-10-15(17)11-7-13/h2-11,16-17H,1H3/b3-2+/i1-1. The second kappa shape index (κ2) is 5.21. The first kappa shape index (κ1) is 11.3. The van der Waals surface area contributed by atoms with Gasteiger partial charge in [-0.3, -0.25) is 0 Å². The average molecular weight is 224 g/mol. The molecular formula is C15H15NO. The van der Waals surface area contributed by atoms with E-state index < -0.39 is 0 Å². The van der Waals surface area contributed by atoms with Crippen LogP contribution in [0.5, 0.6) is 5.75 Å². The number of nitrogens with one attached hydrogen (secondary N) is 1. The molecule has 0 atom stereocenters. The van der Waals surface area contributed by atoms with Crippen LogP contribution < -0.4 is 5.32 Å². The molecule has 0 spiro atoms. The summed E-state index contributed by atoms with van der Waals surface area (Å²) in [6.07, 6.45) is 4.07. The molecule has 0 fully saturated rings. The van der Waals surface area contributed by atoms with E-state index in [9.17, 15) is 0 Å². The van der Waals surface area contributed by atoms with Crippen LogP contribution >= 0.6 is 0 Å². The van der Waals surface area contributed by atoms with Crippen LogP contribution in [-0.2, 0) is 0 Å². The predicted octanol–water partition coefficient (Wildman–Crippen LogP) is 3.60. The van der Waals surface area contributed by atoms with E-state index in [0.717, 1.165) is 16.8 Å². The Kier molecular flexibility index (Phi) is 3.46. The summed E-state index contributed by atoms with van der Waals surface area (Å²) in [6, 6.07) is 15.3. The summed E-state index contributed by atoms with van der Waals surface area (Å²) in [5.41, 5.74) is 3.32. The molecule has 2 rings (SSSR count). The third-order valence-corrected chi connectivity index (χ3v) is 2.56. The van der Waals surface area contributed by atoms with Crippen molar-refractivity contribution in [2.24, 2.45) is 0 Å². The topological polar surface area (TPSA) is 32.3 Å². The van der Waals surface area contributed by atoms with E-state index in [2.05, 4.69) is 17.4 Å². The lowest BCUT2D eigenvalue weighted by Gasteiger charge is -1.99. The first-order valence-electron chi connectivity index (χ1n) is 5.53. The minimum atomic E-state index is 0.292. The van der Waals surface area contributed by atoms with Crippen LogP contribution in [-0.4, -0.2) is 12.2 Å².